The largest absolute Gasteiger partial charge is 0.467 e. The Kier molecular flexibility index (Phi) is 23.1. The first-order valence-electron chi connectivity index (χ1n) is 13.3. The molecule has 0 aromatic rings. The van der Waals surface area contributed by atoms with Crippen LogP contribution in [0.3, 0.4) is 0 Å². The highest BCUT2D eigenvalue weighted by Gasteiger charge is 2.21. The number of hydrogen-bond donors (Lipinski definition) is 2. The van der Waals surface area contributed by atoms with Crippen LogP contribution in [-0.2, 0) is 28.7 Å². The van der Waals surface area contributed by atoms with E-state index in [1.54, 1.807) is 0 Å². The van der Waals surface area contributed by atoms with Gasteiger partial charge in [0, 0.05) is 25.1 Å². The van der Waals surface area contributed by atoms with Gasteiger partial charge in [-0.2, -0.15) is 0 Å². The van der Waals surface area contributed by atoms with Crippen molar-refractivity contribution in [3.8, 4) is 0 Å². The van der Waals surface area contributed by atoms with Crippen LogP contribution in [0.1, 0.15) is 58.3 Å². The Hall–Kier alpha value is -3.94. The minimum Gasteiger partial charge on any atom is -0.467 e. The van der Waals surface area contributed by atoms with Crippen LogP contribution in [0.25, 0.3) is 0 Å². The topological polar surface area (TPSA) is 111 Å². The lowest BCUT2D eigenvalue weighted by atomic mass is 10.2. The van der Waals surface area contributed by atoms with E-state index in [0.717, 1.165) is 50.7 Å². The number of carbonyl (C=O) groups is 4. The summed E-state index contributed by atoms with van der Waals surface area (Å²) in [5.74, 6) is -2.37. The van der Waals surface area contributed by atoms with Crippen LogP contribution in [-0.4, -0.2) is 50.6 Å². The van der Waals surface area contributed by atoms with Crippen molar-refractivity contribution in [2.75, 3.05) is 20.8 Å². The van der Waals surface area contributed by atoms with Crippen molar-refractivity contribution in [3.63, 3.8) is 0 Å². The molecule has 0 aromatic carbocycles. The number of hydrogen-bond acceptors (Lipinski definition) is 6. The highest BCUT2D eigenvalue weighted by atomic mass is 16.5. The molecule has 0 fully saturated rings. The van der Waals surface area contributed by atoms with Crippen molar-refractivity contribution in [3.05, 3.63) is 85.1 Å². The first-order valence-corrected chi connectivity index (χ1v) is 13.3. The SMILES string of the molecule is CCC=CCC=CCC=CCC=CCC=CCC=CCCC(=O)NCC(NC(=O)C=CC(=O)OC)C(=O)OC. The van der Waals surface area contributed by atoms with E-state index in [9.17, 15) is 19.2 Å². The molecule has 0 heterocycles. The second-order valence-electron chi connectivity index (χ2n) is 8.20. The van der Waals surface area contributed by atoms with Gasteiger partial charge in [0.1, 0.15) is 6.04 Å². The normalized spacial score (nSPS) is 13.0. The first kappa shape index (κ1) is 35.1. The van der Waals surface area contributed by atoms with Crippen LogP contribution in [0.15, 0.2) is 85.1 Å². The van der Waals surface area contributed by atoms with Crippen molar-refractivity contribution >= 4 is 23.8 Å². The molecule has 8 heteroatoms. The third-order valence-electron chi connectivity index (χ3n) is 5.01. The van der Waals surface area contributed by atoms with Gasteiger partial charge in [-0.05, 0) is 44.9 Å². The van der Waals surface area contributed by atoms with Gasteiger partial charge < -0.3 is 20.1 Å². The van der Waals surface area contributed by atoms with Gasteiger partial charge in [0.05, 0.1) is 14.2 Å². The number of allylic oxidation sites excluding steroid dienone is 12. The van der Waals surface area contributed by atoms with E-state index in [1.165, 1.54) is 14.2 Å². The van der Waals surface area contributed by atoms with Gasteiger partial charge in [0.15, 0.2) is 0 Å². The summed E-state index contributed by atoms with van der Waals surface area (Å²) in [7, 11) is 2.35. The van der Waals surface area contributed by atoms with Crippen LogP contribution < -0.4 is 10.6 Å². The van der Waals surface area contributed by atoms with Crippen molar-refractivity contribution < 1.29 is 28.7 Å². The van der Waals surface area contributed by atoms with Gasteiger partial charge in [0.2, 0.25) is 11.8 Å². The van der Waals surface area contributed by atoms with Gasteiger partial charge in [-0.25, -0.2) is 9.59 Å². The van der Waals surface area contributed by atoms with E-state index in [2.05, 4.69) is 87.8 Å². The molecule has 0 aromatic heterocycles. The van der Waals surface area contributed by atoms with Crippen molar-refractivity contribution in [2.45, 2.75) is 64.3 Å². The second-order valence-corrected chi connectivity index (χ2v) is 8.20. The molecular formula is C31H44N2O6. The fourth-order valence-electron chi connectivity index (χ4n) is 2.93. The van der Waals surface area contributed by atoms with E-state index in [1.807, 2.05) is 12.2 Å². The minimum absolute atomic E-state index is 0.132. The predicted octanol–water partition coefficient (Wildman–Crippen LogP) is 4.97. The molecule has 2 N–H and O–H groups in total. The number of rotatable bonds is 20. The zero-order chi connectivity index (χ0) is 29.0. The lowest BCUT2D eigenvalue weighted by Gasteiger charge is -2.16. The van der Waals surface area contributed by atoms with E-state index in [4.69, 9.17) is 0 Å². The Balaban J connectivity index is 4.06. The Bertz CT molecular complexity index is 925. The zero-order valence-corrected chi connectivity index (χ0v) is 23.5. The molecule has 0 aliphatic carbocycles. The van der Waals surface area contributed by atoms with Gasteiger partial charge in [-0.15, -0.1) is 0 Å². The molecule has 39 heavy (non-hydrogen) atoms. The molecule has 1 atom stereocenters. The molecular weight excluding hydrogens is 496 g/mol. The lowest BCUT2D eigenvalue weighted by Crippen LogP contribution is -2.48. The van der Waals surface area contributed by atoms with Crippen molar-refractivity contribution in [1.29, 1.82) is 0 Å². The van der Waals surface area contributed by atoms with Crippen molar-refractivity contribution in [1.82, 2.24) is 10.6 Å². The summed E-state index contributed by atoms with van der Waals surface area (Å²) in [4.78, 5) is 46.8. The third-order valence-corrected chi connectivity index (χ3v) is 5.01. The summed E-state index contributed by atoms with van der Waals surface area (Å²) in [6.07, 6.45) is 33.7. The molecule has 0 radical (unpaired) electrons. The van der Waals surface area contributed by atoms with Gasteiger partial charge in [-0.3, -0.25) is 9.59 Å². The standard InChI is InChI=1S/C31H44N2O6/c1-4-5-6-7-8-9-10-11-12-13-14-15-16-17-18-19-20-21-22-23-28(34)32-26-27(31(37)39-3)33-29(35)24-25-30(36)38-2/h5-6,8-9,11-12,14-15,17-18,20-21,24-25,27H,4,7,10,13,16,19,22-23,26H2,1-3H3,(H,32,34)(H,33,35). The Morgan fingerprint density at radius 1 is 0.667 bits per heavy atom. The Morgan fingerprint density at radius 3 is 1.62 bits per heavy atom. The first-order chi connectivity index (χ1) is 18.9. The molecule has 0 saturated heterocycles. The average Bonchev–Trinajstić information content (AvgIpc) is 2.94. The summed E-state index contributed by atoms with van der Waals surface area (Å²) in [5.41, 5.74) is 0. The fourth-order valence-corrected chi connectivity index (χ4v) is 2.93. The number of amides is 2. The average molecular weight is 541 g/mol. The molecule has 0 aliphatic heterocycles. The van der Waals surface area contributed by atoms with E-state index < -0.39 is 23.9 Å². The summed E-state index contributed by atoms with van der Waals surface area (Å²) in [5, 5.41) is 4.98. The highest BCUT2D eigenvalue weighted by molar-refractivity contribution is 5.96. The Morgan fingerprint density at radius 2 is 1.15 bits per heavy atom. The number of esters is 2. The van der Waals surface area contributed by atoms with Gasteiger partial charge >= 0.3 is 11.9 Å². The van der Waals surface area contributed by atoms with Crippen LogP contribution >= 0.6 is 0 Å². The maximum Gasteiger partial charge on any atom is 0.330 e. The van der Waals surface area contributed by atoms with E-state index in [0.29, 0.717) is 6.42 Å². The van der Waals surface area contributed by atoms with E-state index in [-0.39, 0.29) is 18.9 Å². The molecule has 0 aliphatic rings. The number of nitrogens with one attached hydrogen (secondary N) is 2. The minimum atomic E-state index is -1.08. The van der Waals surface area contributed by atoms with Crippen LogP contribution in [0.4, 0.5) is 0 Å². The summed E-state index contributed by atoms with van der Waals surface area (Å²) in [6.45, 7) is 2.00. The van der Waals surface area contributed by atoms with E-state index >= 15 is 0 Å². The van der Waals surface area contributed by atoms with Crippen LogP contribution in [0, 0.1) is 0 Å². The maximum atomic E-state index is 12.1. The third kappa shape index (κ3) is 22.9. The number of ether oxygens (including phenoxy) is 2. The Labute approximate surface area is 233 Å². The maximum absolute atomic E-state index is 12.1. The van der Waals surface area contributed by atoms with Gasteiger partial charge in [0.25, 0.3) is 0 Å². The lowest BCUT2D eigenvalue weighted by molar-refractivity contribution is -0.144. The van der Waals surface area contributed by atoms with Gasteiger partial charge in [-0.1, -0.05) is 79.8 Å². The summed E-state index contributed by atoms with van der Waals surface area (Å²) >= 11 is 0. The number of carbonyl (C=O) groups excluding carboxylic acids is 4. The highest BCUT2D eigenvalue weighted by Crippen LogP contribution is 1.98. The molecule has 0 spiro atoms. The molecule has 0 saturated carbocycles. The summed E-state index contributed by atoms with van der Waals surface area (Å²) in [6, 6.07) is -1.08. The molecule has 0 rings (SSSR count). The predicted molar refractivity (Wildman–Crippen MR) is 156 cm³/mol. The quantitative estimate of drug-likeness (QED) is 0.128. The smallest absolute Gasteiger partial charge is 0.330 e. The molecule has 0 bridgehead atoms. The van der Waals surface area contributed by atoms with Crippen LogP contribution in [0.2, 0.25) is 0 Å². The second kappa shape index (κ2) is 25.7. The molecule has 1 unspecified atom stereocenters. The van der Waals surface area contributed by atoms with Crippen LogP contribution in [0.5, 0.6) is 0 Å². The zero-order valence-electron chi connectivity index (χ0n) is 23.5. The number of methoxy groups -OCH3 is 2. The monoisotopic (exact) mass is 540 g/mol. The molecule has 214 valence electrons. The molecule has 2 amide bonds. The van der Waals surface area contributed by atoms with Crippen molar-refractivity contribution in [2.24, 2.45) is 0 Å². The summed E-state index contributed by atoms with van der Waals surface area (Å²) < 4.78 is 9.04. The molecule has 8 nitrogen and oxygen atoms in total. The fraction of sp³-hybridized carbons (Fsp3) is 0.419.